The lowest BCUT2D eigenvalue weighted by molar-refractivity contribution is -0.126. The molecule has 13 heavy (non-hydrogen) atoms. The molecule has 0 bridgehead atoms. The zero-order valence-electron chi connectivity index (χ0n) is 7.10. The molecule has 0 spiro atoms. The summed E-state index contributed by atoms with van der Waals surface area (Å²) in [5, 5.41) is 0. The van der Waals surface area contributed by atoms with E-state index >= 15 is 0 Å². The highest BCUT2D eigenvalue weighted by atomic mass is 32.3. The van der Waals surface area contributed by atoms with Gasteiger partial charge in [0.05, 0.1) is 0 Å². The predicted molar refractivity (Wildman–Crippen MR) is 44.7 cm³/mol. The number of hydrogen-bond donors (Lipinski definition) is 2. The Morgan fingerprint density at radius 2 is 1.77 bits per heavy atom. The van der Waals surface area contributed by atoms with Crippen molar-refractivity contribution in [2.24, 2.45) is 0 Å². The van der Waals surface area contributed by atoms with Gasteiger partial charge in [0.1, 0.15) is 0 Å². The third-order valence-corrected chi connectivity index (χ3v) is 1.31. The highest BCUT2D eigenvalue weighted by Crippen LogP contribution is 2.04. The van der Waals surface area contributed by atoms with Gasteiger partial charge in [0.2, 0.25) is 5.91 Å². The second kappa shape index (κ2) is 5.86. The molecule has 8 heteroatoms. The molecule has 7 nitrogen and oxygen atoms in total. The number of likely N-dealkylation sites (tertiary alicyclic amines) is 1. The maximum absolute atomic E-state index is 10.5. The van der Waals surface area contributed by atoms with Gasteiger partial charge in [-0.25, -0.2) is 0 Å². The molecule has 1 heterocycles. The number of hydrogen-bond acceptors (Lipinski definition) is 3. The molecule has 0 aromatic rings. The average Bonchev–Trinajstić information content (AvgIpc) is 2.12. The van der Waals surface area contributed by atoms with E-state index in [1.54, 1.807) is 4.90 Å². The van der Waals surface area contributed by atoms with Gasteiger partial charge in [-0.2, -0.15) is 8.42 Å². The van der Waals surface area contributed by atoms with Gasteiger partial charge in [0.15, 0.2) is 0 Å². The number of carbonyl (C=O) groups excluding carboxylic acids is 1. The molecule has 1 aliphatic rings. The van der Waals surface area contributed by atoms with Crippen molar-refractivity contribution in [3.63, 3.8) is 0 Å². The Morgan fingerprint density at radius 3 is 1.85 bits per heavy atom. The molecule has 0 atom stereocenters. The van der Waals surface area contributed by atoms with Crippen LogP contribution in [0, 0.1) is 0 Å². The fraction of sp³-hybridized carbons (Fsp3) is 0.800. The van der Waals surface area contributed by atoms with Crippen LogP contribution in [0.4, 0.5) is 0 Å². The fourth-order valence-corrected chi connectivity index (χ4v) is 0.783. The zero-order valence-corrected chi connectivity index (χ0v) is 7.91. The Balaban J connectivity index is 0. The van der Waals surface area contributed by atoms with Gasteiger partial charge in [-0.05, 0) is 6.42 Å². The largest absolute Gasteiger partial charge is 0.412 e. The second-order valence-electron chi connectivity index (χ2n) is 2.37. The van der Waals surface area contributed by atoms with Crippen molar-refractivity contribution in [1.29, 1.82) is 0 Å². The van der Waals surface area contributed by atoms with Crippen LogP contribution < -0.4 is 0 Å². The summed E-state index contributed by atoms with van der Waals surface area (Å²) in [7, 11) is -2.82. The van der Waals surface area contributed by atoms with Crippen LogP contribution in [0.3, 0.4) is 0 Å². The molecule has 1 amide bonds. The Hall–Kier alpha value is -0.700. The van der Waals surface area contributed by atoms with Gasteiger partial charge in [-0.3, -0.25) is 13.9 Å². The van der Waals surface area contributed by atoms with Crippen LogP contribution in [-0.4, -0.2) is 47.4 Å². The minimum absolute atomic E-state index is 0. The van der Waals surface area contributed by atoms with Gasteiger partial charge in [-0.15, -0.1) is 0 Å². The van der Waals surface area contributed by atoms with Gasteiger partial charge in [0, 0.05) is 20.0 Å². The van der Waals surface area contributed by atoms with Crippen molar-refractivity contribution < 1.29 is 27.8 Å². The molecule has 0 saturated carbocycles. The summed E-state index contributed by atoms with van der Waals surface area (Å²) in [6.45, 7) is 0.957. The Bertz CT molecular complexity index is 240. The minimum Gasteiger partial charge on any atom is -0.412 e. The van der Waals surface area contributed by atoms with Crippen LogP contribution >= 0.6 is 0 Å². The summed E-state index contributed by atoms with van der Waals surface area (Å²) in [6, 6.07) is 0. The Labute approximate surface area is 76.2 Å². The van der Waals surface area contributed by atoms with E-state index in [0.717, 1.165) is 19.4 Å². The molecule has 1 saturated heterocycles. The molecule has 0 unspecified atom stereocenters. The molecule has 0 aliphatic carbocycles. The molecule has 1 fully saturated rings. The number of carbonyl (C=O) groups is 1. The van der Waals surface area contributed by atoms with Crippen LogP contribution in [0.15, 0.2) is 0 Å². The molecule has 0 aromatic heterocycles. The normalized spacial score (nSPS) is 15.9. The van der Waals surface area contributed by atoms with Crippen molar-refractivity contribution in [1.82, 2.24) is 4.90 Å². The van der Waals surface area contributed by atoms with Crippen LogP contribution in [0.1, 0.15) is 12.8 Å². The van der Waals surface area contributed by atoms with E-state index in [9.17, 15) is 4.79 Å². The topological polar surface area (TPSA) is 126 Å². The molecule has 1 rings (SSSR count). The molecular formula is C5H13NO6S. The van der Waals surface area contributed by atoms with Crippen molar-refractivity contribution in [2.75, 3.05) is 13.6 Å². The number of rotatable bonds is 0. The van der Waals surface area contributed by atoms with E-state index in [-0.39, 0.29) is 5.48 Å². The Morgan fingerprint density at radius 1 is 1.38 bits per heavy atom. The fourth-order valence-electron chi connectivity index (χ4n) is 0.783. The summed E-state index contributed by atoms with van der Waals surface area (Å²) in [4.78, 5) is 12.3. The highest BCUT2D eigenvalue weighted by Gasteiger charge is 2.14. The minimum atomic E-state index is -4.67. The first-order chi connectivity index (χ1) is 5.30. The van der Waals surface area contributed by atoms with E-state index < -0.39 is 10.4 Å². The van der Waals surface area contributed by atoms with Crippen molar-refractivity contribution in [3.05, 3.63) is 0 Å². The van der Waals surface area contributed by atoms with Crippen molar-refractivity contribution in [3.8, 4) is 0 Å². The third-order valence-electron chi connectivity index (χ3n) is 1.31. The first-order valence-corrected chi connectivity index (χ1v) is 4.64. The number of nitrogens with zero attached hydrogens (tertiary/aromatic N) is 1. The third kappa shape index (κ3) is 11.3. The zero-order chi connectivity index (χ0) is 9.78. The van der Waals surface area contributed by atoms with Crippen LogP contribution in [0.5, 0.6) is 0 Å². The predicted octanol–water partition coefficient (Wildman–Crippen LogP) is -1.24. The second-order valence-corrected chi connectivity index (χ2v) is 3.26. The molecule has 1 aliphatic heterocycles. The maximum Gasteiger partial charge on any atom is 0.394 e. The monoisotopic (exact) mass is 215 g/mol. The molecular weight excluding hydrogens is 202 g/mol. The molecule has 0 radical (unpaired) electrons. The quantitative estimate of drug-likeness (QED) is 0.489. The van der Waals surface area contributed by atoms with E-state index in [0.29, 0.717) is 5.91 Å². The first kappa shape index (κ1) is 14.8. The van der Waals surface area contributed by atoms with Crippen LogP contribution in [0.25, 0.3) is 0 Å². The lowest BCUT2D eigenvalue weighted by Crippen LogP contribution is -2.17. The first-order valence-electron chi connectivity index (χ1n) is 3.24. The van der Waals surface area contributed by atoms with Gasteiger partial charge < -0.3 is 10.4 Å². The smallest absolute Gasteiger partial charge is 0.394 e. The maximum atomic E-state index is 10.5. The summed E-state index contributed by atoms with van der Waals surface area (Å²) >= 11 is 0. The lowest BCUT2D eigenvalue weighted by atomic mass is 10.4. The summed E-state index contributed by atoms with van der Waals surface area (Å²) < 4.78 is 31.6. The van der Waals surface area contributed by atoms with Crippen molar-refractivity contribution >= 4 is 16.3 Å². The Kier molecular flexibility index (Phi) is 6.68. The molecule has 0 aromatic carbocycles. The number of amides is 1. The summed E-state index contributed by atoms with van der Waals surface area (Å²) in [5.74, 6) is 0.292. The van der Waals surface area contributed by atoms with Crippen LogP contribution in [-0.2, 0) is 15.2 Å². The molecule has 4 N–H and O–H groups in total. The molecule has 80 valence electrons. The van der Waals surface area contributed by atoms with Crippen LogP contribution in [0.2, 0.25) is 0 Å². The van der Waals surface area contributed by atoms with Gasteiger partial charge >= 0.3 is 10.4 Å². The van der Waals surface area contributed by atoms with E-state index in [2.05, 4.69) is 0 Å². The average molecular weight is 215 g/mol. The van der Waals surface area contributed by atoms with Gasteiger partial charge in [-0.1, -0.05) is 0 Å². The van der Waals surface area contributed by atoms with Crippen molar-refractivity contribution in [2.45, 2.75) is 12.8 Å². The lowest BCUT2D eigenvalue weighted by Gasteiger charge is -2.03. The summed E-state index contributed by atoms with van der Waals surface area (Å²) in [5.41, 5.74) is 0. The van der Waals surface area contributed by atoms with Gasteiger partial charge in [0.25, 0.3) is 0 Å². The summed E-state index contributed by atoms with van der Waals surface area (Å²) in [6.07, 6.45) is 1.81. The van der Waals surface area contributed by atoms with E-state index in [1.165, 1.54) is 0 Å². The standard InChI is InChI=1S/C5H9NO.H2O4S.H2O/c1-6-4-2-3-5(6)7;1-5(2,3)4;/h2-4H2,1H3;(H2,1,2,3,4);1H2. The van der Waals surface area contributed by atoms with E-state index in [4.69, 9.17) is 17.5 Å². The van der Waals surface area contributed by atoms with E-state index in [1.807, 2.05) is 7.05 Å². The highest BCUT2D eigenvalue weighted by molar-refractivity contribution is 7.79. The SMILES string of the molecule is CN1CCCC1=O.O.O=S(=O)(O)O.